The molecule has 5 amide bonds. The van der Waals surface area contributed by atoms with Crippen LogP contribution in [-0.2, 0) is 35.2 Å². The van der Waals surface area contributed by atoms with E-state index in [0.29, 0.717) is 72.4 Å². The summed E-state index contributed by atoms with van der Waals surface area (Å²) in [5.41, 5.74) is 12.7. The normalized spacial score (nSPS) is 25.2. The maximum Gasteiger partial charge on any atom is 0.326 e. The van der Waals surface area contributed by atoms with Crippen LogP contribution in [0, 0.1) is 29.1 Å². The quantitative estimate of drug-likeness (QED) is 0.119. The predicted molar refractivity (Wildman–Crippen MR) is 220 cm³/mol. The number of hydrogen-bond acceptors (Lipinski definition) is 9. The molecule has 0 radical (unpaired) electrons. The van der Waals surface area contributed by atoms with Gasteiger partial charge in [-0.2, -0.15) is 0 Å². The van der Waals surface area contributed by atoms with Crippen molar-refractivity contribution in [1.82, 2.24) is 20.4 Å². The Hall–Kier alpha value is -4.82. The fourth-order valence-electron chi connectivity index (χ4n) is 10.6. The van der Waals surface area contributed by atoms with Crippen LogP contribution in [0.4, 0.5) is 0 Å². The van der Waals surface area contributed by atoms with Crippen molar-refractivity contribution in [1.29, 1.82) is 0 Å². The number of aliphatic carboxylic acids is 1. The molecule has 1 aliphatic heterocycles. The highest BCUT2D eigenvalue weighted by atomic mass is 16.4. The molecule has 14 nitrogen and oxygen atoms in total. The van der Waals surface area contributed by atoms with Gasteiger partial charge in [0.15, 0.2) is 0 Å². The molecule has 14 heteroatoms. The monoisotopic (exact) mass is 814 g/mol. The van der Waals surface area contributed by atoms with Crippen molar-refractivity contribution in [3.63, 3.8) is 0 Å². The summed E-state index contributed by atoms with van der Waals surface area (Å²) in [4.78, 5) is 87.2. The van der Waals surface area contributed by atoms with E-state index in [9.17, 15) is 39.0 Å². The second-order valence-corrected chi connectivity index (χ2v) is 18.0. The molecule has 0 aromatic heterocycles. The van der Waals surface area contributed by atoms with Crippen molar-refractivity contribution in [2.45, 2.75) is 128 Å². The van der Waals surface area contributed by atoms with Crippen LogP contribution >= 0.6 is 0 Å². The van der Waals surface area contributed by atoms with E-state index in [-0.39, 0.29) is 42.9 Å². The van der Waals surface area contributed by atoms with E-state index in [0.717, 1.165) is 19.3 Å². The second kappa shape index (κ2) is 19.1. The molecule has 1 heterocycles. The number of phenols is 1. The number of benzene rings is 2. The highest BCUT2D eigenvalue weighted by Gasteiger charge is 2.55. The molecule has 1 saturated heterocycles. The van der Waals surface area contributed by atoms with E-state index in [2.05, 4.69) is 10.6 Å². The van der Waals surface area contributed by atoms with Crippen molar-refractivity contribution < 1.29 is 39.0 Å². The van der Waals surface area contributed by atoms with E-state index in [1.807, 2.05) is 0 Å². The number of hydrogen-bond donors (Lipinski definition) is 6. The SMILES string of the molecule is CC(C)C[C@@H](C(=O)O)N(C(=O)C(Cc1ccc(O)cc1)NC(=O)C1CCCN1C(=O)C(CCCCN)NC(=O)C12CC3CC(CC(C3)C1)C2)C(=O)C(N)c1ccccc1. The minimum Gasteiger partial charge on any atom is -0.508 e. The summed E-state index contributed by atoms with van der Waals surface area (Å²) in [5.74, 6) is -3.03. The molecule has 8 N–H and O–H groups in total. The molecule has 4 saturated carbocycles. The van der Waals surface area contributed by atoms with Gasteiger partial charge in [0.25, 0.3) is 11.8 Å². The standard InChI is InChI=1S/C45H62N6O8/c1-27(2)19-37(43(57)58)51(42(56)38(47)32-9-4-3-5-10-32)41(55)35(23-28-13-15-33(52)16-14-28)48-39(53)36-12-8-18-50(36)40(54)34(11-6-7-17-46)49-44(59)45-24-29-20-30(25-45)22-31(21-29)26-45/h3-5,9-10,13-16,27,29-31,34-38,52H,6-8,11-12,17-26,46-47H2,1-2H3,(H,48,53)(H,49,59)(H,57,58)/t29?,30?,31?,34?,35?,36?,37-,38?,45?/m0/s1. The number of amides is 5. The first-order valence-corrected chi connectivity index (χ1v) is 21.5. The average molecular weight is 815 g/mol. The summed E-state index contributed by atoms with van der Waals surface area (Å²) in [5, 5.41) is 26.4. The fourth-order valence-corrected chi connectivity index (χ4v) is 10.6. The summed E-state index contributed by atoms with van der Waals surface area (Å²) in [7, 11) is 0. The summed E-state index contributed by atoms with van der Waals surface area (Å²) < 4.78 is 0. The molecule has 7 rings (SSSR count). The Morgan fingerprint density at radius 3 is 2.07 bits per heavy atom. The Kier molecular flexibility index (Phi) is 14.1. The third-order valence-electron chi connectivity index (χ3n) is 13.1. The summed E-state index contributed by atoms with van der Waals surface area (Å²) in [6.07, 6.45) is 8.26. The van der Waals surface area contributed by atoms with Gasteiger partial charge >= 0.3 is 5.97 Å². The number of carboxylic acids is 1. The Morgan fingerprint density at radius 1 is 0.864 bits per heavy atom. The van der Waals surface area contributed by atoms with Gasteiger partial charge in [-0.05, 0) is 131 Å². The van der Waals surface area contributed by atoms with Crippen molar-refractivity contribution in [2.24, 2.45) is 40.6 Å². The molecule has 4 aliphatic carbocycles. The highest BCUT2D eigenvalue weighted by molar-refractivity contribution is 6.05. The van der Waals surface area contributed by atoms with Crippen LogP contribution in [0.15, 0.2) is 54.6 Å². The number of carbonyl (C=O) groups excluding carboxylic acids is 5. The van der Waals surface area contributed by atoms with Gasteiger partial charge in [-0.25, -0.2) is 4.79 Å². The minimum absolute atomic E-state index is 0.0226. The van der Waals surface area contributed by atoms with Crippen LogP contribution in [0.2, 0.25) is 0 Å². The molecule has 5 fully saturated rings. The lowest BCUT2D eigenvalue weighted by Gasteiger charge is -2.55. The number of carbonyl (C=O) groups is 6. The maximum absolute atomic E-state index is 14.8. The fraction of sp³-hybridized carbons (Fsp3) is 0.600. The van der Waals surface area contributed by atoms with E-state index in [1.54, 1.807) is 56.3 Å². The van der Waals surface area contributed by atoms with E-state index < -0.39 is 59.3 Å². The van der Waals surface area contributed by atoms with Gasteiger partial charge in [-0.3, -0.25) is 28.9 Å². The third-order valence-corrected chi connectivity index (χ3v) is 13.1. The summed E-state index contributed by atoms with van der Waals surface area (Å²) >= 11 is 0. The Labute approximate surface area is 346 Å². The van der Waals surface area contributed by atoms with Gasteiger partial charge in [0.05, 0.1) is 0 Å². The van der Waals surface area contributed by atoms with Gasteiger partial charge in [0, 0.05) is 18.4 Å². The topological polar surface area (TPSA) is 225 Å². The zero-order valence-electron chi connectivity index (χ0n) is 34.4. The van der Waals surface area contributed by atoms with E-state index >= 15 is 0 Å². The van der Waals surface area contributed by atoms with E-state index in [4.69, 9.17) is 11.5 Å². The van der Waals surface area contributed by atoms with Crippen LogP contribution in [0.5, 0.6) is 5.75 Å². The molecule has 5 atom stereocenters. The van der Waals surface area contributed by atoms with Crippen LogP contribution < -0.4 is 22.1 Å². The molecule has 2 aromatic carbocycles. The van der Waals surface area contributed by atoms with Crippen molar-refractivity contribution in [2.75, 3.05) is 13.1 Å². The summed E-state index contributed by atoms with van der Waals surface area (Å²) in [6.45, 7) is 4.25. The molecule has 4 unspecified atom stereocenters. The number of likely N-dealkylation sites (tertiary alicyclic amines) is 1. The zero-order valence-corrected chi connectivity index (χ0v) is 34.4. The molecule has 4 bridgehead atoms. The lowest BCUT2D eigenvalue weighted by atomic mass is 9.49. The molecule has 2 aromatic rings. The lowest BCUT2D eigenvalue weighted by molar-refractivity contribution is -0.160. The molecule has 59 heavy (non-hydrogen) atoms. The van der Waals surface area contributed by atoms with Crippen molar-refractivity contribution >= 4 is 35.5 Å². The lowest BCUT2D eigenvalue weighted by Crippen LogP contribution is -2.61. The first-order valence-electron chi connectivity index (χ1n) is 21.5. The Balaban J connectivity index is 1.26. The third kappa shape index (κ3) is 10.1. The number of aromatic hydroxyl groups is 1. The number of imide groups is 1. The Bertz CT molecular complexity index is 1800. The van der Waals surface area contributed by atoms with Crippen LogP contribution in [0.25, 0.3) is 0 Å². The molecular formula is C45H62N6O8. The maximum atomic E-state index is 14.8. The second-order valence-electron chi connectivity index (χ2n) is 18.0. The number of nitrogens with one attached hydrogen (secondary N) is 2. The van der Waals surface area contributed by atoms with E-state index in [1.165, 1.54) is 36.3 Å². The molecule has 320 valence electrons. The highest BCUT2D eigenvalue weighted by Crippen LogP contribution is 2.60. The number of phenolic OH excluding ortho intramolecular Hbond substituents is 1. The number of unbranched alkanes of at least 4 members (excludes halogenated alkanes) is 1. The van der Waals surface area contributed by atoms with Crippen LogP contribution in [-0.4, -0.2) is 92.8 Å². The van der Waals surface area contributed by atoms with Gasteiger partial charge < -0.3 is 37.2 Å². The van der Waals surface area contributed by atoms with Gasteiger partial charge in [-0.1, -0.05) is 56.3 Å². The largest absolute Gasteiger partial charge is 0.508 e. The number of carboxylic acid groups (broad SMARTS) is 1. The van der Waals surface area contributed by atoms with Gasteiger partial charge in [-0.15, -0.1) is 0 Å². The van der Waals surface area contributed by atoms with Crippen molar-refractivity contribution in [3.05, 3.63) is 65.7 Å². The van der Waals surface area contributed by atoms with Crippen LogP contribution in [0.1, 0.15) is 108 Å². The zero-order chi connectivity index (χ0) is 42.4. The van der Waals surface area contributed by atoms with Gasteiger partial charge in [0.1, 0.15) is 36.0 Å². The number of nitrogens with two attached hydrogens (primary N) is 2. The molecule has 0 spiro atoms. The summed E-state index contributed by atoms with van der Waals surface area (Å²) in [6, 6.07) is 8.01. The van der Waals surface area contributed by atoms with Gasteiger partial charge in [0.2, 0.25) is 17.7 Å². The Morgan fingerprint density at radius 2 is 1.49 bits per heavy atom. The minimum atomic E-state index is -1.60. The first kappa shape index (κ1) is 43.8. The number of nitrogens with zero attached hydrogens (tertiary/aromatic N) is 2. The van der Waals surface area contributed by atoms with Crippen LogP contribution in [0.3, 0.4) is 0 Å². The molecular weight excluding hydrogens is 753 g/mol. The predicted octanol–water partition coefficient (Wildman–Crippen LogP) is 3.80. The smallest absolute Gasteiger partial charge is 0.326 e. The molecule has 5 aliphatic rings. The number of rotatable bonds is 18. The first-order chi connectivity index (χ1) is 28.2. The van der Waals surface area contributed by atoms with Crippen molar-refractivity contribution in [3.8, 4) is 5.75 Å². The average Bonchev–Trinajstić information content (AvgIpc) is 3.70.